The van der Waals surface area contributed by atoms with Crippen LogP contribution in [-0.2, 0) is 0 Å². The normalized spacial score (nSPS) is 12.5. The predicted molar refractivity (Wildman–Crippen MR) is 247 cm³/mol. The molecule has 2 aliphatic heterocycles. The van der Waals surface area contributed by atoms with Crippen molar-refractivity contribution < 1.29 is 4.74 Å². The number of rotatable bonds is 6. The Kier molecular flexibility index (Phi) is 7.60. The number of hydrogen-bond acceptors (Lipinski definition) is 3. The van der Waals surface area contributed by atoms with Crippen molar-refractivity contribution in [2.75, 3.05) is 9.80 Å². The molecular formula is C54H36BN3O. The summed E-state index contributed by atoms with van der Waals surface area (Å²) >= 11 is 0. The summed E-state index contributed by atoms with van der Waals surface area (Å²) in [6, 6.07) is 78.4. The molecule has 0 aliphatic carbocycles. The van der Waals surface area contributed by atoms with Crippen LogP contribution in [0.5, 0.6) is 11.5 Å². The lowest BCUT2D eigenvalue weighted by atomic mass is 9.34. The number of fused-ring (bicyclic) bond motifs is 7. The highest BCUT2D eigenvalue weighted by Crippen LogP contribution is 2.44. The third-order valence-electron chi connectivity index (χ3n) is 12.0. The second-order valence-corrected chi connectivity index (χ2v) is 15.3. The first kappa shape index (κ1) is 33.4. The number of hydrogen-bond donors (Lipinski definition) is 0. The number of anilines is 6. The lowest BCUT2D eigenvalue weighted by molar-refractivity contribution is 0.487. The van der Waals surface area contributed by atoms with Crippen LogP contribution < -0.4 is 30.9 Å². The molecule has 0 atom stereocenters. The topological polar surface area (TPSA) is 20.6 Å². The number of aromatic nitrogens is 1. The quantitative estimate of drug-likeness (QED) is 0.158. The SMILES string of the molecule is c1ccc(-c2ccc(N(c3ccc4c(c3)Oc3cccc5c3B4c3ccccc3N5c3ccccc3)c3ccc4c(c3)c3ccccc3n4-c3ccccc3)cc2)cc1. The van der Waals surface area contributed by atoms with Gasteiger partial charge in [-0.15, -0.1) is 0 Å². The van der Waals surface area contributed by atoms with Crippen molar-refractivity contribution in [1.82, 2.24) is 4.57 Å². The molecule has 0 bridgehead atoms. The molecule has 2 aliphatic rings. The first-order valence-electron chi connectivity index (χ1n) is 20.2. The average Bonchev–Trinajstić information content (AvgIpc) is 3.64. The van der Waals surface area contributed by atoms with E-state index in [1.807, 2.05) is 0 Å². The zero-order chi connectivity index (χ0) is 38.9. The van der Waals surface area contributed by atoms with Crippen molar-refractivity contribution in [2.24, 2.45) is 0 Å². The summed E-state index contributed by atoms with van der Waals surface area (Å²) in [5.74, 6) is 1.76. The lowest BCUT2D eigenvalue weighted by Gasteiger charge is -2.40. The van der Waals surface area contributed by atoms with Gasteiger partial charge in [0.25, 0.3) is 6.71 Å². The van der Waals surface area contributed by atoms with E-state index in [1.165, 1.54) is 49.5 Å². The zero-order valence-corrected chi connectivity index (χ0v) is 32.1. The highest BCUT2D eigenvalue weighted by atomic mass is 16.5. The molecule has 4 nitrogen and oxygen atoms in total. The Morgan fingerprint density at radius 1 is 0.390 bits per heavy atom. The second-order valence-electron chi connectivity index (χ2n) is 15.3. The van der Waals surface area contributed by atoms with Crippen LogP contribution in [0.1, 0.15) is 0 Å². The fraction of sp³-hybridized carbons (Fsp3) is 0. The van der Waals surface area contributed by atoms with Crippen LogP contribution in [-0.4, -0.2) is 11.3 Å². The number of ether oxygens (including phenoxy) is 1. The Morgan fingerprint density at radius 2 is 1.00 bits per heavy atom. The number of benzene rings is 9. The Labute approximate surface area is 343 Å². The van der Waals surface area contributed by atoms with E-state index in [0.29, 0.717) is 0 Å². The Hall–Kier alpha value is -7.76. The third kappa shape index (κ3) is 5.32. The molecule has 0 spiro atoms. The third-order valence-corrected chi connectivity index (χ3v) is 12.0. The monoisotopic (exact) mass is 753 g/mol. The minimum atomic E-state index is 0.0224. The van der Waals surface area contributed by atoms with E-state index in [2.05, 4.69) is 233 Å². The zero-order valence-electron chi connectivity index (χ0n) is 32.1. The second kappa shape index (κ2) is 13.4. The summed E-state index contributed by atoms with van der Waals surface area (Å²) in [7, 11) is 0. The van der Waals surface area contributed by atoms with Crippen LogP contribution in [0, 0.1) is 0 Å². The molecule has 276 valence electrons. The lowest BCUT2D eigenvalue weighted by Crippen LogP contribution is -2.59. The maximum absolute atomic E-state index is 6.99. The molecule has 59 heavy (non-hydrogen) atoms. The van der Waals surface area contributed by atoms with Gasteiger partial charge in [0.1, 0.15) is 11.5 Å². The average molecular weight is 754 g/mol. The summed E-state index contributed by atoms with van der Waals surface area (Å²) in [4.78, 5) is 4.74. The molecule has 12 rings (SSSR count). The van der Waals surface area contributed by atoms with Gasteiger partial charge in [-0.25, -0.2) is 0 Å². The Bertz CT molecular complexity index is 3200. The van der Waals surface area contributed by atoms with Gasteiger partial charge in [-0.1, -0.05) is 127 Å². The van der Waals surface area contributed by atoms with Crippen LogP contribution in [0.4, 0.5) is 34.1 Å². The van der Waals surface area contributed by atoms with Crippen LogP contribution in [0.15, 0.2) is 218 Å². The van der Waals surface area contributed by atoms with Gasteiger partial charge in [0.15, 0.2) is 0 Å². The predicted octanol–water partition coefficient (Wildman–Crippen LogP) is 12.3. The largest absolute Gasteiger partial charge is 0.458 e. The summed E-state index contributed by atoms with van der Waals surface area (Å²) in [5.41, 5.74) is 16.1. The van der Waals surface area contributed by atoms with Crippen LogP contribution in [0.3, 0.4) is 0 Å². The van der Waals surface area contributed by atoms with E-state index in [0.717, 1.165) is 51.1 Å². The molecular weight excluding hydrogens is 717 g/mol. The van der Waals surface area contributed by atoms with E-state index in [1.54, 1.807) is 0 Å². The van der Waals surface area contributed by atoms with Gasteiger partial charge >= 0.3 is 0 Å². The van der Waals surface area contributed by atoms with Gasteiger partial charge in [0.05, 0.1) is 11.0 Å². The number of para-hydroxylation sites is 4. The molecule has 5 heteroatoms. The number of nitrogens with zero attached hydrogens (tertiary/aromatic N) is 3. The first-order chi connectivity index (χ1) is 29.3. The van der Waals surface area contributed by atoms with Gasteiger partial charge in [0, 0.05) is 56.7 Å². The fourth-order valence-corrected chi connectivity index (χ4v) is 9.45. The van der Waals surface area contributed by atoms with Crippen LogP contribution >= 0.6 is 0 Å². The summed E-state index contributed by atoms with van der Waals surface area (Å²) in [6.45, 7) is 0.0224. The molecule has 9 aromatic carbocycles. The highest BCUT2D eigenvalue weighted by molar-refractivity contribution is 6.99. The molecule has 1 aromatic heterocycles. The van der Waals surface area contributed by atoms with Crippen molar-refractivity contribution in [3.63, 3.8) is 0 Å². The van der Waals surface area contributed by atoms with E-state index in [4.69, 9.17) is 4.74 Å². The Morgan fingerprint density at radius 3 is 1.81 bits per heavy atom. The van der Waals surface area contributed by atoms with E-state index in [9.17, 15) is 0 Å². The van der Waals surface area contributed by atoms with Crippen molar-refractivity contribution >= 4 is 79.0 Å². The molecule has 0 saturated carbocycles. The van der Waals surface area contributed by atoms with E-state index in [-0.39, 0.29) is 6.71 Å². The Balaban J connectivity index is 1.03. The summed E-state index contributed by atoms with van der Waals surface area (Å²) in [6.07, 6.45) is 0. The standard InChI is InChI=1S/C54H36BN3O/c1-4-15-37(16-5-1)38-27-29-41(30-28-38)56(42-32-34-49-45(35-42)44-21-10-12-23-48(44)57(49)39-17-6-2-7-18-39)43-31-33-47-53(36-43)59-52-26-14-25-51-54(52)55(47)46-22-11-13-24-50(46)58(51)40-19-8-3-9-20-40/h1-36H. The van der Waals surface area contributed by atoms with E-state index >= 15 is 0 Å². The highest BCUT2D eigenvalue weighted by Gasteiger charge is 2.41. The van der Waals surface area contributed by atoms with Crippen LogP contribution in [0.2, 0.25) is 0 Å². The molecule has 0 fully saturated rings. The smallest absolute Gasteiger partial charge is 0.256 e. The summed E-state index contributed by atoms with van der Waals surface area (Å²) < 4.78 is 9.35. The van der Waals surface area contributed by atoms with Gasteiger partial charge in [-0.05, 0) is 112 Å². The van der Waals surface area contributed by atoms with Gasteiger partial charge in [-0.3, -0.25) is 0 Å². The van der Waals surface area contributed by atoms with E-state index < -0.39 is 0 Å². The van der Waals surface area contributed by atoms with Crippen LogP contribution in [0.25, 0.3) is 38.6 Å². The minimum absolute atomic E-state index is 0.0224. The molecule has 0 saturated heterocycles. The molecule has 3 heterocycles. The summed E-state index contributed by atoms with van der Waals surface area (Å²) in [5, 5.41) is 2.42. The van der Waals surface area contributed by atoms with Gasteiger partial charge < -0.3 is 19.1 Å². The van der Waals surface area contributed by atoms with Crippen molar-refractivity contribution in [3.8, 4) is 28.3 Å². The minimum Gasteiger partial charge on any atom is -0.458 e. The molecule has 0 unspecified atom stereocenters. The van der Waals surface area contributed by atoms with Gasteiger partial charge in [0.2, 0.25) is 0 Å². The fourth-order valence-electron chi connectivity index (χ4n) is 9.45. The van der Waals surface area contributed by atoms with Crippen molar-refractivity contribution in [2.45, 2.75) is 0 Å². The maximum atomic E-state index is 6.99. The first-order valence-corrected chi connectivity index (χ1v) is 20.2. The molecule has 10 aromatic rings. The van der Waals surface area contributed by atoms with Gasteiger partial charge in [-0.2, -0.15) is 0 Å². The molecule has 0 amide bonds. The molecule has 0 radical (unpaired) electrons. The van der Waals surface area contributed by atoms with Crippen molar-refractivity contribution in [3.05, 3.63) is 218 Å². The maximum Gasteiger partial charge on any atom is 0.256 e. The molecule has 0 N–H and O–H groups in total. The van der Waals surface area contributed by atoms with Crippen molar-refractivity contribution in [1.29, 1.82) is 0 Å².